The second-order valence-corrected chi connectivity index (χ2v) is 9.54. The summed E-state index contributed by atoms with van der Waals surface area (Å²) in [6, 6.07) is 10.2. The molecular weight excluding hydrogens is 431 g/mol. The fourth-order valence-corrected chi connectivity index (χ4v) is 4.70. The van der Waals surface area contributed by atoms with Crippen molar-refractivity contribution in [3.8, 4) is 5.75 Å². The molecule has 7 heteroatoms. The number of rotatable bonds is 6. The number of aryl methyl sites for hydroxylation is 3. The number of ether oxygens (including phenoxy) is 1. The molecule has 1 N–H and O–H groups in total. The lowest BCUT2D eigenvalue weighted by molar-refractivity contribution is -0.271. The van der Waals surface area contributed by atoms with Crippen molar-refractivity contribution in [3.05, 3.63) is 75.1 Å². The Morgan fingerprint density at radius 1 is 1.03 bits per heavy atom. The minimum absolute atomic E-state index is 0.238. The number of hydrogen-bond acceptors (Lipinski definition) is 3. The Morgan fingerprint density at radius 3 is 2.27 bits per heavy atom. The summed E-state index contributed by atoms with van der Waals surface area (Å²) in [5.74, 6) is 0.514. The summed E-state index contributed by atoms with van der Waals surface area (Å²) in [7, 11) is 1.49. The first-order valence-electron chi connectivity index (χ1n) is 10.7. The Hall–Kier alpha value is -2.80. The van der Waals surface area contributed by atoms with E-state index >= 15 is 0 Å². The van der Waals surface area contributed by atoms with Crippen molar-refractivity contribution in [1.82, 2.24) is 4.57 Å². The highest BCUT2D eigenvalue weighted by Gasteiger charge is 2.56. The van der Waals surface area contributed by atoms with Gasteiger partial charge in [-0.05, 0) is 50.3 Å². The molecule has 0 aliphatic heterocycles. The van der Waals surface area contributed by atoms with Crippen LogP contribution in [0.2, 0.25) is 0 Å². The zero-order valence-electron chi connectivity index (χ0n) is 19.8. The van der Waals surface area contributed by atoms with E-state index in [1.807, 2.05) is 26.0 Å². The minimum atomic E-state index is -4.91. The monoisotopic (exact) mass is 461 g/mol. The molecule has 33 heavy (non-hydrogen) atoms. The average Bonchev–Trinajstić information content (AvgIpc) is 2.70. The number of aromatic nitrogens is 1. The quantitative estimate of drug-likeness (QED) is 0.520. The SMILES string of the molecule is COc1c(C)cc(C)cc1C(C)(C)CC(O)(Cn1cc(C)c(=O)c2ccccc21)C(F)(F)F. The first kappa shape index (κ1) is 24.8. The molecule has 0 bridgehead atoms. The summed E-state index contributed by atoms with van der Waals surface area (Å²) in [5, 5.41) is 11.5. The number of para-hydroxylation sites is 1. The van der Waals surface area contributed by atoms with E-state index in [0.29, 0.717) is 27.8 Å². The Kier molecular flexibility index (Phi) is 6.41. The summed E-state index contributed by atoms with van der Waals surface area (Å²) in [6.45, 7) is 7.88. The van der Waals surface area contributed by atoms with E-state index < -0.39 is 30.2 Å². The van der Waals surface area contributed by atoms with Crippen molar-refractivity contribution in [2.45, 2.75) is 64.8 Å². The molecule has 1 aromatic heterocycles. The summed E-state index contributed by atoms with van der Waals surface area (Å²) in [4.78, 5) is 12.5. The van der Waals surface area contributed by atoms with Gasteiger partial charge in [-0.15, -0.1) is 0 Å². The van der Waals surface area contributed by atoms with Crippen LogP contribution in [0.5, 0.6) is 5.75 Å². The van der Waals surface area contributed by atoms with Crippen molar-refractivity contribution in [2.75, 3.05) is 7.11 Å². The molecule has 1 unspecified atom stereocenters. The van der Waals surface area contributed by atoms with Crippen molar-refractivity contribution < 1.29 is 23.0 Å². The molecule has 3 aromatic rings. The fraction of sp³-hybridized carbons (Fsp3) is 0.423. The van der Waals surface area contributed by atoms with E-state index in [0.717, 1.165) is 11.1 Å². The summed E-state index contributed by atoms with van der Waals surface area (Å²) < 4.78 is 50.0. The van der Waals surface area contributed by atoms with Crippen LogP contribution in [0, 0.1) is 20.8 Å². The van der Waals surface area contributed by atoms with E-state index in [-0.39, 0.29) is 5.43 Å². The Bertz CT molecular complexity index is 1240. The van der Waals surface area contributed by atoms with Crippen LogP contribution in [-0.2, 0) is 12.0 Å². The predicted molar refractivity (Wildman–Crippen MR) is 124 cm³/mol. The first-order chi connectivity index (χ1) is 15.2. The van der Waals surface area contributed by atoms with E-state index in [1.54, 1.807) is 45.0 Å². The average molecular weight is 462 g/mol. The number of pyridine rings is 1. The fourth-order valence-electron chi connectivity index (χ4n) is 4.70. The maximum atomic E-state index is 14.4. The van der Waals surface area contributed by atoms with Crippen LogP contribution in [-0.4, -0.2) is 28.6 Å². The van der Waals surface area contributed by atoms with Crippen molar-refractivity contribution in [1.29, 1.82) is 0 Å². The highest BCUT2D eigenvalue weighted by Crippen LogP contribution is 2.45. The van der Waals surface area contributed by atoms with Crippen LogP contribution < -0.4 is 10.2 Å². The third kappa shape index (κ3) is 4.64. The predicted octanol–water partition coefficient (Wildman–Crippen LogP) is 5.60. The van der Waals surface area contributed by atoms with Gasteiger partial charge >= 0.3 is 6.18 Å². The molecule has 4 nitrogen and oxygen atoms in total. The van der Waals surface area contributed by atoms with Gasteiger partial charge in [0.1, 0.15) is 5.75 Å². The van der Waals surface area contributed by atoms with Gasteiger partial charge in [0.2, 0.25) is 0 Å². The van der Waals surface area contributed by atoms with Gasteiger partial charge in [-0.25, -0.2) is 0 Å². The van der Waals surface area contributed by atoms with E-state index in [9.17, 15) is 23.1 Å². The smallest absolute Gasteiger partial charge is 0.418 e. The molecule has 1 heterocycles. The molecule has 2 aromatic carbocycles. The summed E-state index contributed by atoms with van der Waals surface area (Å²) in [6.07, 6.45) is -4.12. The zero-order chi connectivity index (χ0) is 24.8. The van der Waals surface area contributed by atoms with Crippen LogP contribution in [0.1, 0.15) is 42.5 Å². The van der Waals surface area contributed by atoms with Crippen molar-refractivity contribution >= 4 is 10.9 Å². The minimum Gasteiger partial charge on any atom is -0.496 e. The van der Waals surface area contributed by atoms with Gasteiger partial charge in [-0.3, -0.25) is 4.79 Å². The Morgan fingerprint density at radius 2 is 1.67 bits per heavy atom. The molecule has 0 saturated carbocycles. The Balaban J connectivity index is 2.14. The zero-order valence-corrected chi connectivity index (χ0v) is 19.8. The van der Waals surface area contributed by atoms with E-state index in [4.69, 9.17) is 4.74 Å². The second-order valence-electron chi connectivity index (χ2n) is 9.54. The van der Waals surface area contributed by atoms with E-state index in [2.05, 4.69) is 0 Å². The van der Waals surface area contributed by atoms with Crippen molar-refractivity contribution in [3.63, 3.8) is 0 Å². The van der Waals surface area contributed by atoms with Crippen LogP contribution in [0.4, 0.5) is 13.2 Å². The highest BCUT2D eigenvalue weighted by atomic mass is 19.4. The van der Waals surface area contributed by atoms with Gasteiger partial charge < -0.3 is 14.4 Å². The molecular formula is C26H30F3NO3. The molecule has 0 amide bonds. The van der Waals surface area contributed by atoms with Crippen LogP contribution in [0.25, 0.3) is 10.9 Å². The van der Waals surface area contributed by atoms with Crippen LogP contribution in [0.15, 0.2) is 47.4 Å². The highest BCUT2D eigenvalue weighted by molar-refractivity contribution is 5.79. The molecule has 178 valence electrons. The number of aliphatic hydroxyl groups is 1. The molecule has 0 radical (unpaired) electrons. The molecule has 0 fully saturated rings. The van der Waals surface area contributed by atoms with Crippen LogP contribution >= 0.6 is 0 Å². The first-order valence-corrected chi connectivity index (χ1v) is 10.7. The van der Waals surface area contributed by atoms with Crippen molar-refractivity contribution in [2.24, 2.45) is 0 Å². The maximum Gasteiger partial charge on any atom is 0.418 e. The molecule has 0 aliphatic carbocycles. The second kappa shape index (κ2) is 8.52. The van der Waals surface area contributed by atoms with Gasteiger partial charge in [0.05, 0.1) is 19.2 Å². The lowest BCUT2D eigenvalue weighted by atomic mass is 9.73. The molecule has 0 spiro atoms. The number of hydrogen-bond donors (Lipinski definition) is 1. The molecule has 3 rings (SSSR count). The van der Waals surface area contributed by atoms with Gasteiger partial charge in [0.25, 0.3) is 0 Å². The Labute approximate surface area is 191 Å². The normalized spacial score (nSPS) is 14.4. The third-order valence-electron chi connectivity index (χ3n) is 6.21. The van der Waals surface area contributed by atoms with Gasteiger partial charge in [-0.2, -0.15) is 13.2 Å². The lowest BCUT2D eigenvalue weighted by Crippen LogP contribution is -2.52. The van der Waals surface area contributed by atoms with Crippen LogP contribution in [0.3, 0.4) is 0 Å². The number of nitrogens with zero attached hydrogens (tertiary/aromatic N) is 1. The maximum absolute atomic E-state index is 14.4. The third-order valence-corrected chi connectivity index (χ3v) is 6.21. The lowest BCUT2D eigenvalue weighted by Gasteiger charge is -2.39. The number of alkyl halides is 3. The number of halogens is 3. The number of fused-ring (bicyclic) bond motifs is 1. The van der Waals surface area contributed by atoms with Gasteiger partial charge in [0.15, 0.2) is 11.0 Å². The standard InChI is InChI=1S/C26H30F3NO3/c1-16-11-17(2)23(33-6)20(12-16)24(4,5)14-25(32,26(27,28)29)15-30-13-18(3)22(31)19-9-7-8-10-21(19)30/h7-13,32H,14-15H2,1-6H3. The number of methoxy groups -OCH3 is 1. The van der Waals surface area contributed by atoms with Gasteiger partial charge in [0, 0.05) is 22.7 Å². The molecule has 0 saturated heterocycles. The van der Waals surface area contributed by atoms with E-state index in [1.165, 1.54) is 17.9 Å². The largest absolute Gasteiger partial charge is 0.496 e. The molecule has 1 atom stereocenters. The molecule has 0 aliphatic rings. The summed E-state index contributed by atoms with van der Waals surface area (Å²) in [5.41, 5.74) is -1.39. The number of benzene rings is 2. The topological polar surface area (TPSA) is 51.5 Å². The summed E-state index contributed by atoms with van der Waals surface area (Å²) >= 11 is 0. The van der Waals surface area contributed by atoms with Gasteiger partial charge in [-0.1, -0.05) is 43.7 Å².